The summed E-state index contributed by atoms with van der Waals surface area (Å²) in [5, 5.41) is 12.5. The Balaban J connectivity index is 2.01. The Hall–Kier alpha value is -1.48. The molecule has 4 nitrogen and oxygen atoms in total. The highest BCUT2D eigenvalue weighted by Gasteiger charge is 2.58. The van der Waals surface area contributed by atoms with Gasteiger partial charge in [-0.05, 0) is 45.8 Å². The lowest BCUT2D eigenvalue weighted by atomic mass is 9.96. The average Bonchev–Trinajstić information content (AvgIpc) is 2.59. The third-order valence-corrected chi connectivity index (χ3v) is 5.43. The lowest BCUT2D eigenvalue weighted by Gasteiger charge is -2.42. The molecule has 1 aliphatic rings. The first-order valence-electron chi connectivity index (χ1n) is 7.57. The minimum Gasteiger partial charge on any atom is -0.497 e. The van der Waals surface area contributed by atoms with E-state index in [1.54, 1.807) is 24.1 Å². The molecular formula is C17H15BrClF3N2O2. The minimum absolute atomic E-state index is 0.0829. The molecule has 0 aromatic heterocycles. The number of fused-ring (bicyclic) bond motifs is 1. The summed E-state index contributed by atoms with van der Waals surface area (Å²) in [6.45, 7) is 0.148. The summed E-state index contributed by atoms with van der Waals surface area (Å²) in [5.41, 5.74) is -2.38. The van der Waals surface area contributed by atoms with Gasteiger partial charge in [-0.1, -0.05) is 23.7 Å². The molecule has 0 bridgehead atoms. The predicted molar refractivity (Wildman–Crippen MR) is 96.3 cm³/mol. The van der Waals surface area contributed by atoms with Crippen LogP contribution >= 0.6 is 27.5 Å². The number of methoxy groups -OCH3 is 1. The van der Waals surface area contributed by atoms with Crippen LogP contribution in [0.1, 0.15) is 11.1 Å². The number of hydrogen-bond donors (Lipinski definition) is 2. The van der Waals surface area contributed by atoms with Crippen molar-refractivity contribution in [1.82, 2.24) is 5.32 Å². The van der Waals surface area contributed by atoms with Gasteiger partial charge in [0.05, 0.1) is 18.8 Å². The Morgan fingerprint density at radius 3 is 2.54 bits per heavy atom. The lowest BCUT2D eigenvalue weighted by Crippen LogP contribution is -2.60. The van der Waals surface area contributed by atoms with E-state index in [0.29, 0.717) is 16.8 Å². The van der Waals surface area contributed by atoms with Crippen molar-refractivity contribution in [3.8, 4) is 5.75 Å². The standard InChI is InChI=1S/C17H15BrClF3N2O2/c1-26-11-4-2-10(3-5-11)8-24-9-23-16(25,17(20,21)22)12-6-14(19)13(18)7-15(12)24/h2-7,23,25H,8-9H2,1H3. The van der Waals surface area contributed by atoms with E-state index in [0.717, 1.165) is 11.6 Å². The topological polar surface area (TPSA) is 44.7 Å². The fourth-order valence-electron chi connectivity index (χ4n) is 2.82. The van der Waals surface area contributed by atoms with Crippen LogP contribution in [0.15, 0.2) is 40.9 Å². The monoisotopic (exact) mass is 450 g/mol. The molecule has 9 heteroatoms. The second-order valence-electron chi connectivity index (χ2n) is 5.87. The molecule has 140 valence electrons. The SMILES string of the molecule is COc1ccc(CN2CNC(O)(C(F)(F)F)c3cc(Cl)c(Br)cc32)cc1. The Morgan fingerprint density at radius 1 is 1.31 bits per heavy atom. The molecule has 2 N–H and O–H groups in total. The van der Waals surface area contributed by atoms with Crippen molar-refractivity contribution in [3.63, 3.8) is 0 Å². The van der Waals surface area contributed by atoms with E-state index >= 15 is 0 Å². The van der Waals surface area contributed by atoms with E-state index in [4.69, 9.17) is 16.3 Å². The number of alkyl halides is 3. The summed E-state index contributed by atoms with van der Waals surface area (Å²) in [6, 6.07) is 9.82. The van der Waals surface area contributed by atoms with E-state index in [1.807, 2.05) is 12.1 Å². The third-order valence-electron chi connectivity index (χ3n) is 4.24. The fraction of sp³-hybridized carbons (Fsp3) is 0.294. The van der Waals surface area contributed by atoms with Gasteiger partial charge in [-0.3, -0.25) is 5.32 Å². The number of anilines is 1. The number of halogens is 5. The van der Waals surface area contributed by atoms with Crippen molar-refractivity contribution in [3.05, 3.63) is 57.0 Å². The molecule has 26 heavy (non-hydrogen) atoms. The smallest absolute Gasteiger partial charge is 0.435 e. The number of benzene rings is 2. The van der Waals surface area contributed by atoms with Gasteiger partial charge in [-0.25, -0.2) is 0 Å². The molecule has 0 spiro atoms. The summed E-state index contributed by atoms with van der Waals surface area (Å²) < 4.78 is 46.0. The van der Waals surface area contributed by atoms with Crippen LogP contribution in [0.25, 0.3) is 0 Å². The van der Waals surface area contributed by atoms with E-state index < -0.39 is 11.9 Å². The molecule has 0 radical (unpaired) electrons. The number of nitrogens with one attached hydrogen (secondary N) is 1. The molecule has 0 fully saturated rings. The van der Waals surface area contributed by atoms with Gasteiger partial charge in [0.15, 0.2) is 0 Å². The van der Waals surface area contributed by atoms with E-state index in [-0.39, 0.29) is 22.9 Å². The molecule has 1 atom stereocenters. The summed E-state index contributed by atoms with van der Waals surface area (Å²) >= 11 is 9.21. The maximum atomic E-state index is 13.5. The maximum absolute atomic E-state index is 13.5. The largest absolute Gasteiger partial charge is 0.497 e. The highest BCUT2D eigenvalue weighted by atomic mass is 79.9. The molecule has 0 saturated carbocycles. The van der Waals surface area contributed by atoms with Crippen LogP contribution < -0.4 is 15.0 Å². The molecule has 3 rings (SSSR count). The Bertz CT molecular complexity index is 817. The molecule has 0 amide bonds. The normalized spacial score (nSPS) is 20.0. The van der Waals surface area contributed by atoms with Crippen LogP contribution in [0.4, 0.5) is 18.9 Å². The van der Waals surface area contributed by atoms with E-state index in [1.165, 1.54) is 6.07 Å². The second-order valence-corrected chi connectivity index (χ2v) is 7.13. The van der Waals surface area contributed by atoms with Crippen molar-refractivity contribution >= 4 is 33.2 Å². The maximum Gasteiger partial charge on any atom is 0.435 e. The zero-order chi connectivity index (χ0) is 19.1. The minimum atomic E-state index is -4.90. The van der Waals surface area contributed by atoms with E-state index in [2.05, 4.69) is 21.2 Å². The summed E-state index contributed by atoms with van der Waals surface area (Å²) in [5.74, 6) is 0.687. The molecule has 1 aliphatic heterocycles. The summed E-state index contributed by atoms with van der Waals surface area (Å²) in [6.07, 6.45) is -4.90. The van der Waals surface area contributed by atoms with Crippen molar-refractivity contribution < 1.29 is 23.0 Å². The fourth-order valence-corrected chi connectivity index (χ4v) is 3.32. The van der Waals surface area contributed by atoms with Crippen LogP contribution in [-0.4, -0.2) is 25.1 Å². The number of aliphatic hydroxyl groups is 1. The van der Waals surface area contributed by atoms with E-state index in [9.17, 15) is 18.3 Å². The van der Waals surface area contributed by atoms with Gasteiger partial charge in [-0.2, -0.15) is 13.2 Å². The first kappa shape index (κ1) is 19.3. The second kappa shape index (κ2) is 6.92. The summed E-state index contributed by atoms with van der Waals surface area (Å²) in [7, 11) is 1.55. The number of hydrogen-bond acceptors (Lipinski definition) is 4. The van der Waals surface area contributed by atoms with Gasteiger partial charge in [-0.15, -0.1) is 0 Å². The van der Waals surface area contributed by atoms with Crippen molar-refractivity contribution in [1.29, 1.82) is 0 Å². The predicted octanol–water partition coefficient (Wildman–Crippen LogP) is 4.39. The van der Waals surface area contributed by atoms with Gasteiger partial charge in [0, 0.05) is 22.3 Å². The zero-order valence-electron chi connectivity index (χ0n) is 13.6. The number of ether oxygens (including phenoxy) is 1. The van der Waals surface area contributed by atoms with Crippen molar-refractivity contribution in [2.75, 3.05) is 18.7 Å². The molecule has 1 unspecified atom stereocenters. The third kappa shape index (κ3) is 3.38. The molecule has 0 saturated heterocycles. The molecular weight excluding hydrogens is 437 g/mol. The van der Waals surface area contributed by atoms with Crippen LogP contribution in [0, 0.1) is 0 Å². The van der Waals surface area contributed by atoms with Gasteiger partial charge >= 0.3 is 6.18 Å². The van der Waals surface area contributed by atoms with Crippen LogP contribution in [0.3, 0.4) is 0 Å². The Kier molecular flexibility index (Phi) is 5.13. The van der Waals surface area contributed by atoms with Crippen molar-refractivity contribution in [2.45, 2.75) is 18.4 Å². The first-order valence-corrected chi connectivity index (χ1v) is 8.74. The Morgan fingerprint density at radius 2 is 1.96 bits per heavy atom. The van der Waals surface area contributed by atoms with Gasteiger partial charge < -0.3 is 14.7 Å². The quantitative estimate of drug-likeness (QED) is 0.727. The summed E-state index contributed by atoms with van der Waals surface area (Å²) in [4.78, 5) is 1.69. The van der Waals surface area contributed by atoms with Crippen LogP contribution in [-0.2, 0) is 12.3 Å². The van der Waals surface area contributed by atoms with Gasteiger partial charge in [0.1, 0.15) is 5.75 Å². The first-order chi connectivity index (χ1) is 12.2. The molecule has 2 aromatic carbocycles. The number of nitrogens with zero attached hydrogens (tertiary/aromatic N) is 1. The van der Waals surface area contributed by atoms with Crippen LogP contribution in [0.5, 0.6) is 5.75 Å². The Labute approximate surface area is 161 Å². The molecule has 1 heterocycles. The van der Waals surface area contributed by atoms with Crippen LogP contribution in [0.2, 0.25) is 5.02 Å². The highest BCUT2D eigenvalue weighted by Crippen LogP contribution is 2.46. The zero-order valence-corrected chi connectivity index (χ0v) is 15.9. The molecule has 0 aliphatic carbocycles. The van der Waals surface area contributed by atoms with Gasteiger partial charge in [0.25, 0.3) is 0 Å². The van der Waals surface area contributed by atoms with Crippen molar-refractivity contribution in [2.24, 2.45) is 0 Å². The average molecular weight is 452 g/mol. The number of rotatable bonds is 3. The van der Waals surface area contributed by atoms with Gasteiger partial charge in [0.2, 0.25) is 5.72 Å². The highest BCUT2D eigenvalue weighted by molar-refractivity contribution is 9.10. The molecule has 2 aromatic rings. The lowest BCUT2D eigenvalue weighted by molar-refractivity contribution is -0.281.